The lowest BCUT2D eigenvalue weighted by Crippen LogP contribution is -2.27. The number of imide groups is 1. The van der Waals surface area contributed by atoms with Gasteiger partial charge in [-0.1, -0.05) is 24.3 Å². The van der Waals surface area contributed by atoms with Gasteiger partial charge >= 0.3 is 0 Å². The van der Waals surface area contributed by atoms with E-state index in [0.29, 0.717) is 10.4 Å². The molecule has 0 fully saturated rings. The van der Waals surface area contributed by atoms with Crippen LogP contribution in [0, 0.1) is 0 Å². The third kappa shape index (κ3) is 1.68. The molecule has 1 aromatic carbocycles. The standard InChI is InChI=1S/C16H10N2O3S/c19-15-13(10-8-17-11-5-2-1-4-9(10)11)14(16(20)18(15)21)12-6-3-7-22-12/h1-8,17,21H. The van der Waals surface area contributed by atoms with Crippen molar-refractivity contribution in [2.45, 2.75) is 0 Å². The van der Waals surface area contributed by atoms with Gasteiger partial charge in [0.05, 0.1) is 11.1 Å². The number of benzene rings is 1. The number of thiophene rings is 1. The minimum absolute atomic E-state index is 0.187. The van der Waals surface area contributed by atoms with Crippen LogP contribution < -0.4 is 0 Å². The van der Waals surface area contributed by atoms with Gasteiger partial charge in [0.2, 0.25) is 0 Å². The Morgan fingerprint density at radius 3 is 2.55 bits per heavy atom. The number of carbonyl (C=O) groups excluding carboxylic acids is 2. The van der Waals surface area contributed by atoms with E-state index in [0.717, 1.165) is 10.9 Å². The number of H-pyrrole nitrogens is 1. The lowest BCUT2D eigenvalue weighted by Gasteiger charge is -2.03. The molecular weight excluding hydrogens is 300 g/mol. The van der Waals surface area contributed by atoms with Gasteiger partial charge in [-0.05, 0) is 17.5 Å². The summed E-state index contributed by atoms with van der Waals surface area (Å²) in [6, 6.07) is 11.1. The molecule has 3 aromatic rings. The maximum absolute atomic E-state index is 12.4. The maximum atomic E-state index is 12.4. The van der Waals surface area contributed by atoms with Crippen molar-refractivity contribution in [2.75, 3.05) is 0 Å². The Bertz CT molecular complexity index is 937. The van der Waals surface area contributed by atoms with Crippen molar-refractivity contribution >= 4 is 45.2 Å². The van der Waals surface area contributed by atoms with Crippen LogP contribution in [-0.2, 0) is 9.59 Å². The van der Waals surface area contributed by atoms with Gasteiger partial charge in [-0.2, -0.15) is 0 Å². The molecule has 6 heteroatoms. The van der Waals surface area contributed by atoms with Gasteiger partial charge in [0.1, 0.15) is 0 Å². The van der Waals surface area contributed by atoms with Gasteiger partial charge in [0.25, 0.3) is 11.8 Å². The zero-order chi connectivity index (χ0) is 15.3. The van der Waals surface area contributed by atoms with Crippen molar-refractivity contribution in [1.82, 2.24) is 10.0 Å². The number of aromatic nitrogens is 1. The van der Waals surface area contributed by atoms with Crippen molar-refractivity contribution < 1.29 is 14.8 Å². The van der Waals surface area contributed by atoms with Gasteiger partial charge in [0.15, 0.2) is 0 Å². The molecule has 0 saturated carbocycles. The number of hydroxylamine groups is 2. The van der Waals surface area contributed by atoms with Crippen LogP contribution in [0.25, 0.3) is 22.0 Å². The smallest absolute Gasteiger partial charge is 0.287 e. The summed E-state index contributed by atoms with van der Waals surface area (Å²) in [5.74, 6) is -1.38. The van der Waals surface area contributed by atoms with E-state index in [2.05, 4.69) is 4.98 Å². The molecule has 108 valence electrons. The zero-order valence-electron chi connectivity index (χ0n) is 11.2. The minimum Gasteiger partial charge on any atom is -0.361 e. The number of nitrogens with zero attached hydrogens (tertiary/aromatic N) is 1. The Labute approximate surface area is 129 Å². The second kappa shape index (κ2) is 4.66. The number of aromatic amines is 1. The fourth-order valence-corrected chi connectivity index (χ4v) is 3.46. The summed E-state index contributed by atoms with van der Waals surface area (Å²) in [4.78, 5) is 28.3. The highest BCUT2D eigenvalue weighted by atomic mass is 32.1. The predicted octanol–water partition coefficient (Wildman–Crippen LogP) is 2.90. The van der Waals surface area contributed by atoms with Gasteiger partial charge < -0.3 is 4.98 Å². The average molecular weight is 310 g/mol. The molecule has 3 heterocycles. The Morgan fingerprint density at radius 2 is 1.77 bits per heavy atom. The summed E-state index contributed by atoms with van der Waals surface area (Å²) in [5, 5.41) is 12.6. The first-order valence-electron chi connectivity index (χ1n) is 6.61. The number of carbonyl (C=O) groups is 2. The van der Waals surface area contributed by atoms with Gasteiger partial charge in [-0.15, -0.1) is 16.4 Å². The second-order valence-corrected chi connectivity index (χ2v) is 5.85. The number of hydrogen-bond acceptors (Lipinski definition) is 4. The Kier molecular flexibility index (Phi) is 2.75. The minimum atomic E-state index is -0.696. The highest BCUT2D eigenvalue weighted by molar-refractivity contribution is 7.11. The van der Waals surface area contributed by atoms with Crippen LogP contribution in [0.5, 0.6) is 0 Å². The average Bonchev–Trinajstić information content (AvgIpc) is 3.23. The summed E-state index contributed by atoms with van der Waals surface area (Å²) in [5.41, 5.74) is 1.96. The molecule has 0 radical (unpaired) electrons. The fraction of sp³-hybridized carbons (Fsp3) is 0. The van der Waals surface area contributed by atoms with E-state index in [-0.39, 0.29) is 16.2 Å². The molecule has 0 unspecified atom stereocenters. The quantitative estimate of drug-likeness (QED) is 0.564. The highest BCUT2D eigenvalue weighted by Gasteiger charge is 2.40. The van der Waals surface area contributed by atoms with E-state index in [4.69, 9.17) is 0 Å². The topological polar surface area (TPSA) is 73.4 Å². The SMILES string of the molecule is O=C1C(c2cccs2)=C(c2c[nH]c3ccccc23)C(=O)N1O. The first kappa shape index (κ1) is 13.0. The summed E-state index contributed by atoms with van der Waals surface area (Å²) in [6.07, 6.45) is 1.69. The predicted molar refractivity (Wildman–Crippen MR) is 83.1 cm³/mol. The van der Waals surface area contributed by atoms with Gasteiger partial charge in [0, 0.05) is 27.5 Å². The molecule has 22 heavy (non-hydrogen) atoms. The zero-order valence-corrected chi connectivity index (χ0v) is 12.1. The normalized spacial score (nSPS) is 15.4. The summed E-state index contributed by atoms with van der Waals surface area (Å²) in [7, 11) is 0. The monoisotopic (exact) mass is 310 g/mol. The number of nitrogens with one attached hydrogen (secondary N) is 1. The molecule has 0 bridgehead atoms. The van der Waals surface area contributed by atoms with Crippen LogP contribution in [0.4, 0.5) is 0 Å². The third-order valence-corrected chi connectivity index (χ3v) is 4.58. The van der Waals surface area contributed by atoms with Crippen LogP contribution in [0.3, 0.4) is 0 Å². The second-order valence-electron chi connectivity index (χ2n) is 4.90. The largest absolute Gasteiger partial charge is 0.361 e. The van der Waals surface area contributed by atoms with E-state index in [9.17, 15) is 14.8 Å². The fourth-order valence-electron chi connectivity index (χ4n) is 2.70. The van der Waals surface area contributed by atoms with E-state index in [1.54, 1.807) is 18.3 Å². The Morgan fingerprint density at radius 1 is 1.00 bits per heavy atom. The number of para-hydroxylation sites is 1. The van der Waals surface area contributed by atoms with E-state index in [1.165, 1.54) is 11.3 Å². The summed E-state index contributed by atoms with van der Waals surface area (Å²) in [6.45, 7) is 0. The number of amides is 2. The van der Waals surface area contributed by atoms with Crippen LogP contribution in [0.15, 0.2) is 48.0 Å². The molecule has 0 spiro atoms. The van der Waals surface area contributed by atoms with E-state index >= 15 is 0 Å². The van der Waals surface area contributed by atoms with Gasteiger partial charge in [-0.3, -0.25) is 14.8 Å². The molecule has 0 aliphatic carbocycles. The highest BCUT2D eigenvalue weighted by Crippen LogP contribution is 2.38. The molecule has 4 rings (SSSR count). The molecule has 2 N–H and O–H groups in total. The number of rotatable bonds is 2. The summed E-state index contributed by atoms with van der Waals surface area (Å²) < 4.78 is 0. The third-order valence-electron chi connectivity index (χ3n) is 3.69. The number of hydrogen-bond donors (Lipinski definition) is 2. The number of fused-ring (bicyclic) bond motifs is 1. The first-order valence-corrected chi connectivity index (χ1v) is 7.48. The lowest BCUT2D eigenvalue weighted by atomic mass is 10.00. The van der Waals surface area contributed by atoms with Crippen molar-refractivity contribution in [3.05, 3.63) is 58.4 Å². The maximum Gasteiger partial charge on any atom is 0.287 e. The molecule has 2 amide bonds. The van der Waals surface area contributed by atoms with Crippen molar-refractivity contribution in [1.29, 1.82) is 0 Å². The molecule has 5 nitrogen and oxygen atoms in total. The molecule has 0 atom stereocenters. The van der Waals surface area contributed by atoms with Crippen molar-refractivity contribution in [2.24, 2.45) is 0 Å². The van der Waals surface area contributed by atoms with Crippen LogP contribution in [-0.4, -0.2) is 27.1 Å². The van der Waals surface area contributed by atoms with Crippen molar-refractivity contribution in [3.8, 4) is 0 Å². The molecule has 1 aliphatic rings. The lowest BCUT2D eigenvalue weighted by molar-refractivity contribution is -0.168. The van der Waals surface area contributed by atoms with Crippen molar-refractivity contribution in [3.63, 3.8) is 0 Å². The van der Waals surface area contributed by atoms with Crippen LogP contribution in [0.1, 0.15) is 10.4 Å². The molecule has 0 saturated heterocycles. The summed E-state index contributed by atoms with van der Waals surface area (Å²) >= 11 is 1.36. The molecular formula is C16H10N2O3S. The van der Waals surface area contributed by atoms with E-state index in [1.807, 2.05) is 29.6 Å². The van der Waals surface area contributed by atoms with Crippen LogP contribution in [0.2, 0.25) is 0 Å². The first-order chi connectivity index (χ1) is 10.7. The van der Waals surface area contributed by atoms with E-state index < -0.39 is 11.8 Å². The van der Waals surface area contributed by atoms with Gasteiger partial charge in [-0.25, -0.2) is 0 Å². The Hall–Kier alpha value is -2.70. The Balaban J connectivity index is 2.04. The molecule has 2 aromatic heterocycles. The molecule has 1 aliphatic heterocycles. The van der Waals surface area contributed by atoms with Crippen LogP contribution >= 0.6 is 11.3 Å².